The van der Waals surface area contributed by atoms with E-state index in [1.165, 1.54) is 0 Å². The Balaban J connectivity index is 2.08. The van der Waals surface area contributed by atoms with Crippen molar-refractivity contribution in [2.24, 2.45) is 0 Å². The van der Waals surface area contributed by atoms with Crippen molar-refractivity contribution in [3.8, 4) is 0 Å². The van der Waals surface area contributed by atoms with Gasteiger partial charge in [0, 0.05) is 0 Å². The van der Waals surface area contributed by atoms with Crippen LogP contribution >= 0.6 is 0 Å². The van der Waals surface area contributed by atoms with Crippen LogP contribution in [0.4, 0.5) is 0 Å². The monoisotopic (exact) mass is 143 g/mol. The molecule has 3 nitrogen and oxygen atoms in total. The molecule has 1 saturated heterocycles. The standard InChI is InChI=1S/C7H13NO2/c1-2-5-10-7(9)6-3-4-8-6/h6,8H,2-5H2,1H3/t6-/m1/s1. The molecule has 0 radical (unpaired) electrons. The van der Waals surface area contributed by atoms with Crippen LogP contribution in [0.2, 0.25) is 0 Å². The van der Waals surface area contributed by atoms with E-state index in [0.29, 0.717) is 6.61 Å². The van der Waals surface area contributed by atoms with Crippen molar-refractivity contribution in [3.63, 3.8) is 0 Å². The average Bonchev–Trinajstić information content (AvgIpc) is 1.79. The minimum absolute atomic E-state index is 0.00782. The third kappa shape index (κ3) is 1.70. The maximum atomic E-state index is 10.9. The molecule has 58 valence electrons. The van der Waals surface area contributed by atoms with Gasteiger partial charge in [-0.05, 0) is 19.4 Å². The Morgan fingerprint density at radius 2 is 2.50 bits per heavy atom. The van der Waals surface area contributed by atoms with E-state index in [4.69, 9.17) is 4.74 Å². The molecule has 1 aliphatic rings. The summed E-state index contributed by atoms with van der Waals surface area (Å²) in [6.45, 7) is 3.49. The first-order valence-corrected chi connectivity index (χ1v) is 3.74. The van der Waals surface area contributed by atoms with E-state index < -0.39 is 0 Å². The van der Waals surface area contributed by atoms with Crippen LogP contribution in [0.1, 0.15) is 19.8 Å². The summed E-state index contributed by atoms with van der Waals surface area (Å²) >= 11 is 0. The van der Waals surface area contributed by atoms with E-state index in [-0.39, 0.29) is 12.0 Å². The Morgan fingerprint density at radius 1 is 1.80 bits per heavy atom. The fourth-order valence-electron chi connectivity index (χ4n) is 0.793. The van der Waals surface area contributed by atoms with Gasteiger partial charge >= 0.3 is 5.97 Å². The highest BCUT2D eigenvalue weighted by Crippen LogP contribution is 2.03. The van der Waals surface area contributed by atoms with Crippen molar-refractivity contribution in [1.29, 1.82) is 0 Å². The van der Waals surface area contributed by atoms with Gasteiger partial charge < -0.3 is 10.1 Å². The second-order valence-electron chi connectivity index (χ2n) is 2.46. The molecule has 1 atom stereocenters. The van der Waals surface area contributed by atoms with Crippen LogP contribution in [0.3, 0.4) is 0 Å². The van der Waals surface area contributed by atoms with Crippen molar-refractivity contribution < 1.29 is 9.53 Å². The van der Waals surface area contributed by atoms with Crippen molar-refractivity contribution >= 4 is 5.97 Å². The number of carbonyl (C=O) groups excluding carboxylic acids is 1. The molecule has 0 aromatic rings. The van der Waals surface area contributed by atoms with E-state index in [1.807, 2.05) is 6.92 Å². The summed E-state index contributed by atoms with van der Waals surface area (Å²) in [6.07, 6.45) is 1.83. The average molecular weight is 143 g/mol. The van der Waals surface area contributed by atoms with Crippen molar-refractivity contribution in [2.75, 3.05) is 13.2 Å². The molecule has 0 aromatic heterocycles. The van der Waals surface area contributed by atoms with E-state index >= 15 is 0 Å². The number of carbonyl (C=O) groups is 1. The highest BCUT2D eigenvalue weighted by atomic mass is 16.5. The zero-order valence-electron chi connectivity index (χ0n) is 6.22. The number of ether oxygens (including phenoxy) is 1. The Morgan fingerprint density at radius 3 is 2.90 bits per heavy atom. The van der Waals surface area contributed by atoms with Gasteiger partial charge in [-0.1, -0.05) is 6.92 Å². The summed E-state index contributed by atoms with van der Waals surface area (Å²) in [6, 6.07) is -0.00782. The quantitative estimate of drug-likeness (QED) is 0.577. The van der Waals surface area contributed by atoms with Crippen molar-refractivity contribution in [2.45, 2.75) is 25.8 Å². The molecule has 0 aliphatic carbocycles. The molecule has 1 rings (SSSR count). The molecule has 1 heterocycles. The Kier molecular flexibility index (Phi) is 2.68. The molecule has 1 fully saturated rings. The molecule has 0 amide bonds. The molecule has 0 spiro atoms. The summed E-state index contributed by atoms with van der Waals surface area (Å²) in [4.78, 5) is 10.9. The van der Waals surface area contributed by atoms with Crippen LogP contribution in [0.5, 0.6) is 0 Å². The first-order valence-electron chi connectivity index (χ1n) is 3.74. The van der Waals surface area contributed by atoms with Gasteiger partial charge in [-0.15, -0.1) is 0 Å². The Hall–Kier alpha value is -0.570. The molecule has 1 N–H and O–H groups in total. The Bertz CT molecular complexity index is 121. The molecular formula is C7H13NO2. The Labute approximate surface area is 60.7 Å². The highest BCUT2D eigenvalue weighted by molar-refractivity contribution is 5.76. The summed E-state index contributed by atoms with van der Waals surface area (Å²) in [5.74, 6) is -0.0897. The maximum absolute atomic E-state index is 10.9. The predicted octanol–water partition coefficient (Wildman–Crippen LogP) is 0.301. The molecule has 0 unspecified atom stereocenters. The van der Waals surface area contributed by atoms with Crippen LogP contribution in [0.25, 0.3) is 0 Å². The fourth-order valence-corrected chi connectivity index (χ4v) is 0.793. The first-order chi connectivity index (χ1) is 4.84. The zero-order valence-corrected chi connectivity index (χ0v) is 6.22. The van der Waals surface area contributed by atoms with Crippen LogP contribution in [-0.4, -0.2) is 25.2 Å². The lowest BCUT2D eigenvalue weighted by Gasteiger charge is -2.25. The number of hydrogen-bond donors (Lipinski definition) is 1. The number of hydrogen-bond acceptors (Lipinski definition) is 3. The summed E-state index contributed by atoms with van der Waals surface area (Å²) in [7, 11) is 0. The lowest BCUT2D eigenvalue weighted by Crippen LogP contribution is -2.49. The molecule has 1 aliphatic heterocycles. The molecule has 0 bridgehead atoms. The minimum atomic E-state index is -0.0897. The van der Waals surface area contributed by atoms with Gasteiger partial charge in [-0.3, -0.25) is 4.79 Å². The first kappa shape index (κ1) is 7.54. The third-order valence-corrected chi connectivity index (χ3v) is 1.56. The van der Waals surface area contributed by atoms with Gasteiger partial charge in [-0.25, -0.2) is 0 Å². The lowest BCUT2D eigenvalue weighted by atomic mass is 10.1. The largest absolute Gasteiger partial charge is 0.465 e. The third-order valence-electron chi connectivity index (χ3n) is 1.56. The summed E-state index contributed by atoms with van der Waals surface area (Å²) in [5, 5.41) is 2.98. The smallest absolute Gasteiger partial charge is 0.323 e. The SMILES string of the molecule is CCCOC(=O)[C@H]1CCN1. The van der Waals surface area contributed by atoms with Crippen LogP contribution < -0.4 is 5.32 Å². The van der Waals surface area contributed by atoms with E-state index in [0.717, 1.165) is 19.4 Å². The normalized spacial score (nSPS) is 23.5. The van der Waals surface area contributed by atoms with Crippen LogP contribution in [-0.2, 0) is 9.53 Å². The van der Waals surface area contributed by atoms with Crippen LogP contribution in [0.15, 0.2) is 0 Å². The van der Waals surface area contributed by atoms with Gasteiger partial charge in [0.05, 0.1) is 6.61 Å². The van der Waals surface area contributed by atoms with Crippen LogP contribution in [0, 0.1) is 0 Å². The topological polar surface area (TPSA) is 38.3 Å². The zero-order chi connectivity index (χ0) is 7.40. The number of esters is 1. The molecule has 3 heteroatoms. The van der Waals surface area contributed by atoms with Gasteiger partial charge in [0.25, 0.3) is 0 Å². The van der Waals surface area contributed by atoms with E-state index in [1.54, 1.807) is 0 Å². The van der Waals surface area contributed by atoms with Gasteiger partial charge in [0.1, 0.15) is 6.04 Å². The van der Waals surface area contributed by atoms with E-state index in [2.05, 4.69) is 5.32 Å². The molecule has 0 saturated carbocycles. The van der Waals surface area contributed by atoms with Gasteiger partial charge in [-0.2, -0.15) is 0 Å². The van der Waals surface area contributed by atoms with Crippen molar-refractivity contribution in [1.82, 2.24) is 5.32 Å². The summed E-state index contributed by atoms with van der Waals surface area (Å²) in [5.41, 5.74) is 0. The van der Waals surface area contributed by atoms with Crippen molar-refractivity contribution in [3.05, 3.63) is 0 Å². The van der Waals surface area contributed by atoms with Gasteiger partial charge in [0.15, 0.2) is 0 Å². The minimum Gasteiger partial charge on any atom is -0.465 e. The van der Waals surface area contributed by atoms with Gasteiger partial charge in [0.2, 0.25) is 0 Å². The molecule has 0 aromatic carbocycles. The molecular weight excluding hydrogens is 130 g/mol. The fraction of sp³-hybridized carbons (Fsp3) is 0.857. The van der Waals surface area contributed by atoms with E-state index in [9.17, 15) is 4.79 Å². The number of rotatable bonds is 3. The second kappa shape index (κ2) is 3.56. The number of nitrogens with one attached hydrogen (secondary N) is 1. The highest BCUT2D eigenvalue weighted by Gasteiger charge is 2.25. The lowest BCUT2D eigenvalue weighted by molar-refractivity contribution is -0.148. The maximum Gasteiger partial charge on any atom is 0.323 e. The predicted molar refractivity (Wildman–Crippen MR) is 37.7 cm³/mol. The second-order valence-corrected chi connectivity index (χ2v) is 2.46. The summed E-state index contributed by atoms with van der Waals surface area (Å²) < 4.78 is 4.89. The molecule has 10 heavy (non-hydrogen) atoms.